The number of carbonyl (C=O) groups is 4. The Balaban J connectivity index is 2.18. The predicted octanol–water partition coefficient (Wildman–Crippen LogP) is 5.65. The molecule has 4 rings (SSSR count). The molecule has 4 atom stereocenters. The second-order valence-corrected chi connectivity index (χ2v) is 14.9. The van der Waals surface area contributed by atoms with E-state index in [1.165, 1.54) is 7.11 Å². The van der Waals surface area contributed by atoms with E-state index in [4.69, 9.17) is 18.9 Å². The van der Waals surface area contributed by atoms with Crippen molar-refractivity contribution in [3.63, 3.8) is 0 Å². The summed E-state index contributed by atoms with van der Waals surface area (Å²) in [5.74, 6) is -1.79. The fraction of sp³-hybridized carbons (Fsp3) is 0.500. The lowest BCUT2D eigenvalue weighted by molar-refractivity contribution is -0.146. The number of alkyl carbamates (subject to hydrolysis) is 1. The smallest absolute Gasteiger partial charge is 0.408 e. The van der Waals surface area contributed by atoms with Gasteiger partial charge in [-0.15, -0.1) is 0 Å². The molecule has 47 heavy (non-hydrogen) atoms. The van der Waals surface area contributed by atoms with Crippen molar-refractivity contribution < 1.29 is 43.2 Å². The van der Waals surface area contributed by atoms with Gasteiger partial charge in [0.15, 0.2) is 17.2 Å². The summed E-state index contributed by atoms with van der Waals surface area (Å²) in [6.45, 7) is 9.05. The maximum atomic E-state index is 13.9. The summed E-state index contributed by atoms with van der Waals surface area (Å²) >= 11 is 8.99. The number of benzene rings is 2. The van der Waals surface area contributed by atoms with Crippen LogP contribution in [-0.4, -0.2) is 72.5 Å². The Kier molecular flexibility index (Phi) is 14.2. The van der Waals surface area contributed by atoms with Gasteiger partial charge in [-0.1, -0.05) is 13.3 Å². The number of carbonyl (C=O) groups excluding carboxylic acids is 4. The minimum Gasteiger partial charge on any atom is -0.504 e. The lowest BCUT2D eigenvalue weighted by atomic mass is 10.0. The molecule has 3 amide bonds. The fourth-order valence-electron chi connectivity index (χ4n) is 4.65. The molecule has 258 valence electrons. The van der Waals surface area contributed by atoms with Gasteiger partial charge in [-0.2, -0.15) is 0 Å². The molecule has 2 aliphatic heterocycles. The maximum absolute atomic E-state index is 13.9. The number of nitrogens with one attached hydrogen (secondary N) is 3. The van der Waals surface area contributed by atoms with E-state index in [0.717, 1.165) is 12.8 Å². The molecule has 0 radical (unpaired) electrons. The van der Waals surface area contributed by atoms with E-state index in [1.54, 1.807) is 52.0 Å². The highest BCUT2D eigenvalue weighted by atomic mass is 127. The van der Waals surface area contributed by atoms with Gasteiger partial charge >= 0.3 is 12.1 Å². The Labute approximate surface area is 304 Å². The molecular weight excluding hydrogens is 857 g/mol. The molecule has 0 fully saturated rings. The van der Waals surface area contributed by atoms with Crippen LogP contribution in [-0.2, 0) is 41.4 Å². The summed E-state index contributed by atoms with van der Waals surface area (Å²) < 4.78 is 23.9. The number of hydrogen-bond donors (Lipinski definition) is 4. The number of aromatic hydroxyl groups is 1. The van der Waals surface area contributed by atoms with Gasteiger partial charge < -0.3 is 40.0 Å². The lowest BCUT2D eigenvalue weighted by Crippen LogP contribution is -2.60. The number of unbranched alkanes of at least 4 members (excludes halogenated alkanes) is 1. The molecular formula is C32H40Br2IN3O9. The molecule has 4 N–H and O–H groups in total. The van der Waals surface area contributed by atoms with Gasteiger partial charge in [0.1, 0.15) is 23.7 Å². The number of halogens is 3. The zero-order valence-electron chi connectivity index (χ0n) is 27.0. The summed E-state index contributed by atoms with van der Waals surface area (Å²) in [5, 5.41) is 19.0. The molecule has 0 unspecified atom stereocenters. The summed E-state index contributed by atoms with van der Waals surface area (Å²) in [6.07, 6.45) is -0.120. The third-order valence-electron chi connectivity index (χ3n) is 6.98. The van der Waals surface area contributed by atoms with Crippen LogP contribution in [0.4, 0.5) is 4.79 Å². The number of methoxy groups -OCH3 is 1. The molecule has 2 aliphatic rings. The number of hydrogen-bond acceptors (Lipinski definition) is 9. The van der Waals surface area contributed by atoms with Crippen LogP contribution < -0.4 is 20.7 Å². The molecule has 0 aliphatic carbocycles. The van der Waals surface area contributed by atoms with E-state index in [9.17, 15) is 24.3 Å². The van der Waals surface area contributed by atoms with E-state index >= 15 is 0 Å². The molecule has 15 heteroatoms. The Hall–Kier alpha value is -2.63. The van der Waals surface area contributed by atoms with Crippen LogP contribution in [0.1, 0.15) is 58.6 Å². The van der Waals surface area contributed by atoms with Crippen molar-refractivity contribution in [1.29, 1.82) is 0 Å². The first-order chi connectivity index (χ1) is 22.0. The molecule has 2 heterocycles. The Bertz CT molecular complexity index is 1460. The van der Waals surface area contributed by atoms with Gasteiger partial charge in [-0.25, -0.2) is 9.59 Å². The molecule has 0 aromatic heterocycles. The molecule has 12 nitrogen and oxygen atoms in total. The minimum absolute atomic E-state index is 0.0308. The highest BCUT2D eigenvalue weighted by Crippen LogP contribution is 2.42. The van der Waals surface area contributed by atoms with Crippen LogP contribution in [0.15, 0.2) is 33.2 Å². The van der Waals surface area contributed by atoms with Crippen molar-refractivity contribution >= 4 is 78.3 Å². The van der Waals surface area contributed by atoms with Crippen LogP contribution in [0.25, 0.3) is 0 Å². The Morgan fingerprint density at radius 1 is 1.09 bits per heavy atom. The zero-order chi connectivity index (χ0) is 35.1. The SMILES string of the molecule is CCCCO[C@H](C)[C@@H]1NC(=O)[C@@H](NC(=O)OC(C)(C)C)Cc2cc(I)c(O)c(c2)Oc2c(Br)cc(cc2Br)C[C@@H](C(=O)OC)NC1=O. The average Bonchev–Trinajstić information content (AvgIpc) is 2.97. The normalized spacial score (nSPS) is 19.5. The Morgan fingerprint density at radius 3 is 2.32 bits per heavy atom. The third kappa shape index (κ3) is 11.2. The molecule has 2 aromatic rings. The second kappa shape index (κ2) is 17.2. The van der Waals surface area contributed by atoms with Crippen LogP contribution in [0, 0.1) is 3.57 Å². The maximum Gasteiger partial charge on any atom is 0.408 e. The van der Waals surface area contributed by atoms with Crippen LogP contribution in [0.3, 0.4) is 0 Å². The van der Waals surface area contributed by atoms with Crippen molar-refractivity contribution in [2.45, 2.75) is 90.1 Å². The van der Waals surface area contributed by atoms with Crippen molar-refractivity contribution in [3.8, 4) is 17.2 Å². The second-order valence-electron chi connectivity index (χ2n) is 12.0. The van der Waals surface area contributed by atoms with Gasteiger partial charge in [0.05, 0.1) is 25.7 Å². The highest BCUT2D eigenvalue weighted by Gasteiger charge is 2.35. The van der Waals surface area contributed by atoms with Crippen molar-refractivity contribution in [3.05, 3.63) is 47.9 Å². The molecule has 0 saturated heterocycles. The molecule has 0 spiro atoms. The number of ether oxygens (including phenoxy) is 4. The van der Waals surface area contributed by atoms with E-state index in [2.05, 4.69) is 47.8 Å². The molecule has 2 aromatic carbocycles. The Morgan fingerprint density at radius 2 is 1.72 bits per heavy atom. The monoisotopic (exact) mass is 895 g/mol. The largest absolute Gasteiger partial charge is 0.504 e. The van der Waals surface area contributed by atoms with Gasteiger partial charge in [0, 0.05) is 19.4 Å². The van der Waals surface area contributed by atoms with E-state index in [-0.39, 0.29) is 24.3 Å². The third-order valence-corrected chi connectivity index (χ3v) is 8.98. The average molecular weight is 897 g/mol. The number of amides is 3. The quantitative estimate of drug-likeness (QED) is 0.156. The topological polar surface area (TPSA) is 162 Å². The van der Waals surface area contributed by atoms with Gasteiger partial charge in [-0.3, -0.25) is 9.59 Å². The highest BCUT2D eigenvalue weighted by molar-refractivity contribution is 14.1. The summed E-state index contributed by atoms with van der Waals surface area (Å²) in [5.41, 5.74) is 0.318. The van der Waals surface area contributed by atoms with Gasteiger partial charge in [0.25, 0.3) is 0 Å². The van der Waals surface area contributed by atoms with E-state index in [0.29, 0.717) is 36.0 Å². The summed E-state index contributed by atoms with van der Waals surface area (Å²) in [4.78, 5) is 53.6. The first kappa shape index (κ1) is 38.8. The number of phenols is 1. The standard InChI is InChI=1S/C32H40Br2IN3O9/c1-7-8-9-45-16(2)25-29(41)36-23(30(42)44-6)14-17-10-19(33)27(20(34)11-17)46-24-15-18(12-21(35)26(24)39)13-22(28(40)38-25)37-31(43)47-32(3,4)5/h10-12,15-16,22-23,25,39H,7-9,13-14H2,1-6H3,(H,36,41)(H,37,43)(H,38,40)/t16-,22+,23+,25+/m1/s1. The fourth-order valence-corrected chi connectivity index (χ4v) is 6.76. The van der Waals surface area contributed by atoms with Gasteiger partial charge in [-0.05, 0) is 124 Å². The number of rotatable bonds is 7. The minimum atomic E-state index is -1.26. The van der Waals surface area contributed by atoms with E-state index < -0.39 is 53.7 Å². The molecule has 0 saturated carbocycles. The predicted molar refractivity (Wildman–Crippen MR) is 190 cm³/mol. The zero-order valence-corrected chi connectivity index (χ0v) is 32.3. The first-order valence-electron chi connectivity index (χ1n) is 15.0. The van der Waals surface area contributed by atoms with Crippen molar-refractivity contribution in [1.82, 2.24) is 16.0 Å². The number of fused-ring (bicyclic) bond motifs is 10. The molecule has 4 bridgehead atoms. The number of phenolic OH excluding ortho intramolecular Hbond substituents is 1. The van der Waals surface area contributed by atoms with Gasteiger partial charge in [0.2, 0.25) is 11.8 Å². The summed E-state index contributed by atoms with van der Waals surface area (Å²) in [6, 6.07) is 3.04. The van der Waals surface area contributed by atoms with Crippen LogP contribution in [0.5, 0.6) is 17.2 Å². The van der Waals surface area contributed by atoms with Crippen molar-refractivity contribution in [2.24, 2.45) is 0 Å². The van der Waals surface area contributed by atoms with E-state index in [1.807, 2.05) is 29.5 Å². The lowest BCUT2D eigenvalue weighted by Gasteiger charge is -2.29. The summed E-state index contributed by atoms with van der Waals surface area (Å²) in [7, 11) is 1.21. The van der Waals surface area contributed by atoms with Crippen molar-refractivity contribution in [2.75, 3.05) is 13.7 Å². The first-order valence-corrected chi connectivity index (χ1v) is 17.7. The number of esters is 1. The van der Waals surface area contributed by atoms with Crippen LogP contribution >= 0.6 is 54.5 Å². The van der Waals surface area contributed by atoms with Crippen LogP contribution in [0.2, 0.25) is 0 Å².